The van der Waals surface area contributed by atoms with Gasteiger partial charge < -0.3 is 5.32 Å². The Morgan fingerprint density at radius 1 is 1.40 bits per heavy atom. The topological polar surface area (TPSA) is 15.3 Å². The van der Waals surface area contributed by atoms with E-state index in [-0.39, 0.29) is 5.54 Å². The second-order valence-corrected chi connectivity index (χ2v) is 5.06. The summed E-state index contributed by atoms with van der Waals surface area (Å²) in [5.41, 5.74) is 0.272. The molecule has 1 unspecified atom stereocenters. The quantitative estimate of drug-likeness (QED) is 0.677. The van der Waals surface area contributed by atoms with Gasteiger partial charge in [-0.15, -0.1) is 6.58 Å². The summed E-state index contributed by atoms with van der Waals surface area (Å²) in [5, 5.41) is 3.46. The van der Waals surface area contributed by atoms with Gasteiger partial charge in [0.25, 0.3) is 0 Å². The molecule has 2 heteroatoms. The van der Waals surface area contributed by atoms with Crippen LogP contribution in [0.25, 0.3) is 0 Å². The molecule has 0 aromatic carbocycles. The monoisotopic (exact) mass is 210 g/mol. The Morgan fingerprint density at radius 3 is 2.47 bits per heavy atom. The lowest BCUT2D eigenvalue weighted by atomic mass is 9.89. The molecule has 1 atom stereocenters. The number of nitrogens with one attached hydrogen (secondary N) is 1. The smallest absolute Gasteiger partial charge is 0.0306 e. The highest BCUT2D eigenvalue weighted by Gasteiger charge is 2.35. The maximum atomic E-state index is 3.81. The summed E-state index contributed by atoms with van der Waals surface area (Å²) in [6.07, 6.45) is 7.03. The minimum Gasteiger partial charge on any atom is -0.315 e. The molecule has 0 amide bonds. The molecule has 1 N–H and O–H groups in total. The van der Waals surface area contributed by atoms with Crippen LogP contribution in [0.1, 0.15) is 39.5 Å². The second kappa shape index (κ2) is 5.66. The summed E-state index contributed by atoms with van der Waals surface area (Å²) < 4.78 is 0. The van der Waals surface area contributed by atoms with E-state index in [0.717, 1.165) is 6.42 Å². The molecule has 1 saturated heterocycles. The third-order valence-electron chi connectivity index (χ3n) is 3.78. The van der Waals surface area contributed by atoms with Crippen molar-refractivity contribution in [3.05, 3.63) is 12.7 Å². The number of likely N-dealkylation sites (N-methyl/N-ethyl adjacent to an activating group) is 1. The molecular weight excluding hydrogens is 184 g/mol. The molecule has 2 nitrogen and oxygen atoms in total. The normalized spacial score (nSPS) is 20.5. The van der Waals surface area contributed by atoms with Crippen molar-refractivity contribution in [2.24, 2.45) is 0 Å². The Bertz CT molecular complexity index is 193. The van der Waals surface area contributed by atoms with E-state index in [1.807, 2.05) is 6.08 Å². The maximum Gasteiger partial charge on any atom is 0.0306 e. The Hall–Kier alpha value is -0.340. The van der Waals surface area contributed by atoms with Crippen LogP contribution in [0.15, 0.2) is 12.7 Å². The molecule has 1 aliphatic rings. The Balaban J connectivity index is 2.57. The van der Waals surface area contributed by atoms with Gasteiger partial charge in [0.15, 0.2) is 0 Å². The van der Waals surface area contributed by atoms with E-state index in [1.165, 1.54) is 32.4 Å². The Kier molecular flexibility index (Phi) is 4.81. The molecule has 0 aliphatic carbocycles. The van der Waals surface area contributed by atoms with Crippen LogP contribution in [0.4, 0.5) is 0 Å². The van der Waals surface area contributed by atoms with Crippen molar-refractivity contribution < 1.29 is 0 Å². The average molecular weight is 210 g/mol. The molecule has 0 saturated carbocycles. The van der Waals surface area contributed by atoms with Crippen LogP contribution in [-0.2, 0) is 0 Å². The summed E-state index contributed by atoms with van der Waals surface area (Å²) >= 11 is 0. The highest BCUT2D eigenvalue weighted by atomic mass is 15.2. The van der Waals surface area contributed by atoms with E-state index in [0.29, 0.717) is 6.04 Å². The lowest BCUT2D eigenvalue weighted by Gasteiger charge is -2.42. The van der Waals surface area contributed by atoms with Crippen LogP contribution in [0, 0.1) is 0 Å². The van der Waals surface area contributed by atoms with E-state index in [1.54, 1.807) is 0 Å². The standard InChI is InChI=1S/C13H26N2/c1-5-6-9-12(14-4)13(2,3)15-10-7-8-11-15/h5,12,14H,1,6-11H2,2-4H3. The third kappa shape index (κ3) is 3.05. The number of rotatable bonds is 6. The van der Waals surface area contributed by atoms with Gasteiger partial charge in [-0.05, 0) is 59.7 Å². The fourth-order valence-corrected chi connectivity index (χ4v) is 2.65. The zero-order valence-corrected chi connectivity index (χ0v) is 10.6. The fraction of sp³-hybridized carbons (Fsp3) is 0.846. The van der Waals surface area contributed by atoms with Crippen molar-refractivity contribution in [1.82, 2.24) is 10.2 Å². The summed E-state index contributed by atoms with van der Waals surface area (Å²) in [4.78, 5) is 2.62. The van der Waals surface area contributed by atoms with Gasteiger partial charge in [0.05, 0.1) is 0 Å². The minimum absolute atomic E-state index is 0.272. The van der Waals surface area contributed by atoms with Crippen molar-refractivity contribution in [3.63, 3.8) is 0 Å². The minimum atomic E-state index is 0.272. The SMILES string of the molecule is C=CCCC(NC)C(C)(C)N1CCCC1. The lowest BCUT2D eigenvalue weighted by Crippen LogP contribution is -2.56. The van der Waals surface area contributed by atoms with Gasteiger partial charge >= 0.3 is 0 Å². The lowest BCUT2D eigenvalue weighted by molar-refractivity contribution is 0.106. The number of likely N-dealkylation sites (tertiary alicyclic amines) is 1. The molecule has 0 radical (unpaired) electrons. The largest absolute Gasteiger partial charge is 0.315 e. The fourth-order valence-electron chi connectivity index (χ4n) is 2.65. The summed E-state index contributed by atoms with van der Waals surface area (Å²) in [7, 11) is 2.07. The van der Waals surface area contributed by atoms with Gasteiger partial charge in [-0.1, -0.05) is 6.08 Å². The van der Waals surface area contributed by atoms with E-state index < -0.39 is 0 Å². The first-order chi connectivity index (χ1) is 7.12. The molecule has 88 valence electrons. The summed E-state index contributed by atoms with van der Waals surface area (Å²) in [6, 6.07) is 0.564. The van der Waals surface area contributed by atoms with Gasteiger partial charge in [0.1, 0.15) is 0 Å². The van der Waals surface area contributed by atoms with Gasteiger partial charge in [-0.3, -0.25) is 4.90 Å². The van der Waals surface area contributed by atoms with Crippen molar-refractivity contribution in [2.45, 2.75) is 51.1 Å². The molecular formula is C13H26N2. The molecule has 0 spiro atoms. The van der Waals surface area contributed by atoms with Crippen molar-refractivity contribution >= 4 is 0 Å². The predicted octanol–water partition coefficient (Wildman–Crippen LogP) is 2.42. The van der Waals surface area contributed by atoms with Crippen LogP contribution in [0.3, 0.4) is 0 Å². The first-order valence-corrected chi connectivity index (χ1v) is 6.16. The number of allylic oxidation sites excluding steroid dienone is 1. The highest BCUT2D eigenvalue weighted by Crippen LogP contribution is 2.26. The van der Waals surface area contributed by atoms with Gasteiger partial charge in [0.2, 0.25) is 0 Å². The molecule has 1 aliphatic heterocycles. The van der Waals surface area contributed by atoms with Crippen LogP contribution in [-0.4, -0.2) is 36.6 Å². The highest BCUT2D eigenvalue weighted by molar-refractivity contribution is 4.95. The van der Waals surface area contributed by atoms with Gasteiger partial charge in [-0.2, -0.15) is 0 Å². The van der Waals surface area contributed by atoms with Gasteiger partial charge in [0, 0.05) is 11.6 Å². The Morgan fingerprint density at radius 2 is 2.00 bits per heavy atom. The summed E-state index contributed by atoms with van der Waals surface area (Å²) in [6.45, 7) is 11.1. The molecule has 1 heterocycles. The maximum absolute atomic E-state index is 3.81. The first kappa shape index (κ1) is 12.7. The predicted molar refractivity (Wildman–Crippen MR) is 67.2 cm³/mol. The van der Waals surface area contributed by atoms with Gasteiger partial charge in [-0.25, -0.2) is 0 Å². The number of hydrogen-bond acceptors (Lipinski definition) is 2. The van der Waals surface area contributed by atoms with E-state index >= 15 is 0 Å². The zero-order chi connectivity index (χ0) is 11.3. The average Bonchev–Trinajstić information content (AvgIpc) is 2.72. The van der Waals surface area contributed by atoms with E-state index in [9.17, 15) is 0 Å². The number of hydrogen-bond donors (Lipinski definition) is 1. The zero-order valence-electron chi connectivity index (χ0n) is 10.6. The molecule has 1 rings (SSSR count). The van der Waals surface area contributed by atoms with Crippen LogP contribution < -0.4 is 5.32 Å². The molecule has 15 heavy (non-hydrogen) atoms. The first-order valence-electron chi connectivity index (χ1n) is 6.16. The molecule has 0 bridgehead atoms. The number of nitrogens with zero attached hydrogens (tertiary/aromatic N) is 1. The molecule has 0 aromatic heterocycles. The van der Waals surface area contributed by atoms with Crippen LogP contribution in [0.5, 0.6) is 0 Å². The van der Waals surface area contributed by atoms with Crippen LogP contribution in [0.2, 0.25) is 0 Å². The molecule has 1 fully saturated rings. The third-order valence-corrected chi connectivity index (χ3v) is 3.78. The van der Waals surface area contributed by atoms with E-state index in [2.05, 4.69) is 37.7 Å². The second-order valence-electron chi connectivity index (χ2n) is 5.06. The molecule has 0 aromatic rings. The van der Waals surface area contributed by atoms with Crippen molar-refractivity contribution in [1.29, 1.82) is 0 Å². The Labute approximate surface area is 94.7 Å². The van der Waals surface area contributed by atoms with Crippen LogP contribution >= 0.6 is 0 Å². The summed E-state index contributed by atoms with van der Waals surface area (Å²) in [5.74, 6) is 0. The van der Waals surface area contributed by atoms with E-state index in [4.69, 9.17) is 0 Å². The van der Waals surface area contributed by atoms with Crippen molar-refractivity contribution in [3.8, 4) is 0 Å². The van der Waals surface area contributed by atoms with Crippen molar-refractivity contribution in [2.75, 3.05) is 20.1 Å².